The molecule has 14 heavy (non-hydrogen) atoms. The zero-order chi connectivity index (χ0) is 9.97. The molecule has 0 bridgehead atoms. The van der Waals surface area contributed by atoms with Crippen LogP contribution in [0.25, 0.3) is 0 Å². The lowest BCUT2D eigenvalue weighted by atomic mass is 9.98. The van der Waals surface area contributed by atoms with Gasteiger partial charge in [0.1, 0.15) is 0 Å². The minimum absolute atomic E-state index is 0.0536. The van der Waals surface area contributed by atoms with Crippen molar-refractivity contribution < 1.29 is 9.53 Å². The fourth-order valence-corrected chi connectivity index (χ4v) is 1.75. The number of benzene rings is 1. The number of carbonyl (C=O) groups is 1. The van der Waals surface area contributed by atoms with Crippen LogP contribution in [0.4, 0.5) is 0 Å². The van der Waals surface area contributed by atoms with E-state index >= 15 is 0 Å². The molecule has 74 valence electrons. The van der Waals surface area contributed by atoms with Crippen molar-refractivity contribution >= 4 is 5.97 Å². The lowest BCUT2D eigenvalue weighted by Gasteiger charge is -2.05. The Morgan fingerprint density at radius 1 is 1.36 bits per heavy atom. The molecule has 1 aromatic rings. The number of hydrogen-bond acceptors (Lipinski definition) is 2. The Morgan fingerprint density at radius 2 is 2.07 bits per heavy atom. The van der Waals surface area contributed by atoms with Gasteiger partial charge in [-0.3, -0.25) is 4.79 Å². The highest BCUT2D eigenvalue weighted by atomic mass is 16.5. The summed E-state index contributed by atoms with van der Waals surface area (Å²) in [7, 11) is 0. The van der Waals surface area contributed by atoms with Crippen molar-refractivity contribution in [3.63, 3.8) is 0 Å². The molecule has 1 atom stereocenters. The van der Waals surface area contributed by atoms with Crippen molar-refractivity contribution in [2.45, 2.75) is 19.8 Å². The van der Waals surface area contributed by atoms with E-state index in [2.05, 4.69) is 31.2 Å². The van der Waals surface area contributed by atoms with Crippen molar-refractivity contribution in [3.8, 4) is 0 Å². The molecule has 0 N–H and O–H groups in total. The molecular weight excluding hydrogens is 176 g/mol. The van der Waals surface area contributed by atoms with Crippen LogP contribution in [0.15, 0.2) is 24.3 Å². The summed E-state index contributed by atoms with van der Waals surface area (Å²) in [6.45, 7) is 2.67. The number of carbonyl (C=O) groups excluding carboxylic acids is 1. The minimum atomic E-state index is -0.0536. The molecule has 1 heterocycles. The van der Waals surface area contributed by atoms with Gasteiger partial charge in [-0.2, -0.15) is 0 Å². The van der Waals surface area contributed by atoms with Crippen molar-refractivity contribution in [3.05, 3.63) is 35.4 Å². The second-order valence-electron chi connectivity index (χ2n) is 3.94. The van der Waals surface area contributed by atoms with E-state index in [0.717, 1.165) is 6.42 Å². The number of cyclic esters (lactones) is 1. The highest BCUT2D eigenvalue weighted by molar-refractivity contribution is 5.71. The first-order chi connectivity index (χ1) is 6.74. The molecule has 2 heteroatoms. The van der Waals surface area contributed by atoms with E-state index in [0.29, 0.717) is 18.9 Å². The number of hydrogen-bond donors (Lipinski definition) is 0. The van der Waals surface area contributed by atoms with Gasteiger partial charge in [0.05, 0.1) is 13.0 Å². The molecule has 0 saturated carbocycles. The van der Waals surface area contributed by atoms with Gasteiger partial charge in [0.2, 0.25) is 0 Å². The van der Waals surface area contributed by atoms with Crippen LogP contribution in [0.3, 0.4) is 0 Å². The Labute approximate surface area is 83.9 Å². The van der Waals surface area contributed by atoms with Crippen LogP contribution in [0, 0.1) is 12.8 Å². The van der Waals surface area contributed by atoms with E-state index in [9.17, 15) is 4.79 Å². The van der Waals surface area contributed by atoms with Gasteiger partial charge in [-0.1, -0.05) is 29.8 Å². The van der Waals surface area contributed by atoms with Gasteiger partial charge in [-0.15, -0.1) is 0 Å². The van der Waals surface area contributed by atoms with Crippen LogP contribution >= 0.6 is 0 Å². The normalized spacial score (nSPS) is 20.9. The maximum absolute atomic E-state index is 10.9. The minimum Gasteiger partial charge on any atom is -0.465 e. The number of aryl methyl sites for hydroxylation is 1. The highest BCUT2D eigenvalue weighted by Crippen LogP contribution is 2.19. The van der Waals surface area contributed by atoms with Gasteiger partial charge in [0.15, 0.2) is 0 Å². The molecule has 0 aromatic heterocycles. The van der Waals surface area contributed by atoms with Crippen LogP contribution in [-0.2, 0) is 16.0 Å². The molecular formula is C12H14O2. The van der Waals surface area contributed by atoms with E-state index in [1.54, 1.807) is 0 Å². The molecule has 1 fully saturated rings. The number of rotatable bonds is 2. The second kappa shape index (κ2) is 3.82. The summed E-state index contributed by atoms with van der Waals surface area (Å²) >= 11 is 0. The Morgan fingerprint density at radius 3 is 2.64 bits per heavy atom. The van der Waals surface area contributed by atoms with Gasteiger partial charge in [-0.05, 0) is 18.9 Å². The maximum atomic E-state index is 10.9. The first-order valence-corrected chi connectivity index (χ1v) is 4.95. The second-order valence-corrected chi connectivity index (χ2v) is 3.94. The Kier molecular flexibility index (Phi) is 2.53. The number of ether oxygens (including phenoxy) is 1. The predicted molar refractivity (Wildman–Crippen MR) is 53.9 cm³/mol. The Balaban J connectivity index is 1.97. The van der Waals surface area contributed by atoms with Crippen molar-refractivity contribution in [1.82, 2.24) is 0 Å². The summed E-state index contributed by atoms with van der Waals surface area (Å²) in [5.41, 5.74) is 2.56. The molecule has 2 nitrogen and oxygen atoms in total. The molecule has 1 aliphatic heterocycles. The maximum Gasteiger partial charge on any atom is 0.306 e. The third-order valence-electron chi connectivity index (χ3n) is 2.58. The smallest absolute Gasteiger partial charge is 0.306 e. The highest BCUT2D eigenvalue weighted by Gasteiger charge is 2.23. The van der Waals surface area contributed by atoms with Gasteiger partial charge < -0.3 is 4.74 Å². The summed E-state index contributed by atoms with van der Waals surface area (Å²) < 4.78 is 4.92. The molecule has 0 aliphatic carbocycles. The van der Waals surface area contributed by atoms with Gasteiger partial charge >= 0.3 is 5.97 Å². The monoisotopic (exact) mass is 190 g/mol. The summed E-state index contributed by atoms with van der Waals surface area (Å²) in [5.74, 6) is 0.326. The molecule has 0 spiro atoms. The Hall–Kier alpha value is -1.31. The quantitative estimate of drug-likeness (QED) is 0.667. The van der Waals surface area contributed by atoms with Crippen molar-refractivity contribution in [2.24, 2.45) is 5.92 Å². The van der Waals surface area contributed by atoms with Crippen molar-refractivity contribution in [1.29, 1.82) is 0 Å². The van der Waals surface area contributed by atoms with Gasteiger partial charge in [0.25, 0.3) is 0 Å². The van der Waals surface area contributed by atoms with E-state index in [1.807, 2.05) is 0 Å². The summed E-state index contributed by atoms with van der Waals surface area (Å²) in [6, 6.07) is 8.45. The zero-order valence-corrected chi connectivity index (χ0v) is 8.32. The van der Waals surface area contributed by atoms with Gasteiger partial charge in [-0.25, -0.2) is 0 Å². The molecule has 0 unspecified atom stereocenters. The third-order valence-corrected chi connectivity index (χ3v) is 2.58. The summed E-state index contributed by atoms with van der Waals surface area (Å²) in [6.07, 6.45) is 1.53. The summed E-state index contributed by atoms with van der Waals surface area (Å²) in [5, 5.41) is 0. The van der Waals surface area contributed by atoms with Gasteiger partial charge in [0, 0.05) is 5.92 Å². The zero-order valence-electron chi connectivity index (χ0n) is 8.32. The van der Waals surface area contributed by atoms with Crippen molar-refractivity contribution in [2.75, 3.05) is 6.61 Å². The predicted octanol–water partition coefficient (Wildman–Crippen LogP) is 2.10. The molecule has 1 aliphatic rings. The molecule has 0 amide bonds. The van der Waals surface area contributed by atoms with Crippen LogP contribution in [0.5, 0.6) is 0 Å². The number of esters is 1. The SMILES string of the molecule is Cc1ccc(C[C@H]2COC(=O)C2)cc1. The molecule has 2 rings (SSSR count). The van der Waals surface area contributed by atoms with Crippen LogP contribution in [-0.4, -0.2) is 12.6 Å². The van der Waals surface area contributed by atoms with Crippen LogP contribution in [0.2, 0.25) is 0 Å². The molecule has 0 radical (unpaired) electrons. The standard InChI is InChI=1S/C12H14O2/c1-9-2-4-10(5-3-9)6-11-7-12(13)14-8-11/h2-5,11H,6-8H2,1H3/t11-/m1/s1. The summed E-state index contributed by atoms with van der Waals surface area (Å²) in [4.78, 5) is 10.9. The lowest BCUT2D eigenvalue weighted by Crippen LogP contribution is -2.03. The largest absolute Gasteiger partial charge is 0.465 e. The first-order valence-electron chi connectivity index (χ1n) is 4.95. The molecule has 1 saturated heterocycles. The van der Waals surface area contributed by atoms with Crippen LogP contribution in [0.1, 0.15) is 17.5 Å². The van der Waals surface area contributed by atoms with E-state index in [-0.39, 0.29) is 5.97 Å². The molecule has 1 aromatic carbocycles. The Bertz CT molecular complexity index is 327. The third kappa shape index (κ3) is 2.13. The van der Waals surface area contributed by atoms with E-state index in [4.69, 9.17) is 4.74 Å². The fourth-order valence-electron chi connectivity index (χ4n) is 1.75. The van der Waals surface area contributed by atoms with Crippen LogP contribution < -0.4 is 0 Å². The van der Waals surface area contributed by atoms with E-state index in [1.165, 1.54) is 11.1 Å². The average molecular weight is 190 g/mol. The lowest BCUT2D eigenvalue weighted by molar-refractivity contribution is -0.137. The van der Waals surface area contributed by atoms with E-state index < -0.39 is 0 Å². The topological polar surface area (TPSA) is 26.3 Å². The fraction of sp³-hybridized carbons (Fsp3) is 0.417. The average Bonchev–Trinajstić information content (AvgIpc) is 2.56. The first kappa shape index (κ1) is 9.25.